The summed E-state index contributed by atoms with van der Waals surface area (Å²) in [5.74, 6) is -0.651. The van der Waals surface area contributed by atoms with Gasteiger partial charge in [0.15, 0.2) is 0 Å². The van der Waals surface area contributed by atoms with Gasteiger partial charge in [-0.15, -0.1) is 0 Å². The molecule has 2 aromatic rings. The maximum atomic E-state index is 13.0. The highest BCUT2D eigenvalue weighted by molar-refractivity contribution is 7.89. The fourth-order valence-corrected chi connectivity index (χ4v) is 7.16. The van der Waals surface area contributed by atoms with Gasteiger partial charge in [0.1, 0.15) is 5.69 Å². The van der Waals surface area contributed by atoms with E-state index < -0.39 is 16.0 Å². The highest BCUT2D eigenvalue weighted by atomic mass is 32.2. The number of aryl methyl sites for hydroxylation is 2. The predicted molar refractivity (Wildman–Crippen MR) is 143 cm³/mol. The molecule has 5 rings (SSSR count). The number of carbonyl (C=O) groups is 2. The number of nitrogens with zero attached hydrogens (tertiary/aromatic N) is 3. The van der Waals surface area contributed by atoms with Crippen molar-refractivity contribution in [2.24, 2.45) is 5.41 Å². The first-order valence-corrected chi connectivity index (χ1v) is 15.2. The van der Waals surface area contributed by atoms with Crippen LogP contribution >= 0.6 is 0 Å². The van der Waals surface area contributed by atoms with Crippen LogP contribution in [0, 0.1) is 5.41 Å². The third kappa shape index (κ3) is 5.88. The fraction of sp³-hybridized carbons (Fsp3) is 0.593. The topological polar surface area (TPSA) is 132 Å². The van der Waals surface area contributed by atoms with Crippen molar-refractivity contribution in [3.8, 4) is 0 Å². The molecular formula is C27H37N5O6S. The highest BCUT2D eigenvalue weighted by Crippen LogP contribution is 2.37. The molecule has 1 spiro atoms. The largest absolute Gasteiger partial charge is 0.462 e. The molecule has 2 fully saturated rings. The smallest absolute Gasteiger partial charge is 0.338 e. The molecule has 4 heterocycles. The van der Waals surface area contributed by atoms with Gasteiger partial charge in [-0.2, -0.15) is 9.40 Å². The molecule has 1 aromatic carbocycles. The second kappa shape index (κ2) is 11.7. The molecule has 39 heavy (non-hydrogen) atoms. The van der Waals surface area contributed by atoms with Gasteiger partial charge in [0.05, 0.1) is 22.8 Å². The van der Waals surface area contributed by atoms with Gasteiger partial charge in [0.25, 0.3) is 5.91 Å². The van der Waals surface area contributed by atoms with Crippen molar-refractivity contribution in [2.45, 2.75) is 50.5 Å². The number of nitrogens with one attached hydrogen (secondary N) is 2. The van der Waals surface area contributed by atoms with Gasteiger partial charge >= 0.3 is 5.97 Å². The summed E-state index contributed by atoms with van der Waals surface area (Å²) in [5.41, 5.74) is 2.67. The molecule has 0 bridgehead atoms. The monoisotopic (exact) mass is 559 g/mol. The number of ether oxygens (including phenoxy) is 2. The zero-order valence-electron chi connectivity index (χ0n) is 22.4. The molecule has 2 saturated heterocycles. The van der Waals surface area contributed by atoms with Crippen LogP contribution in [0.1, 0.15) is 58.3 Å². The van der Waals surface area contributed by atoms with Crippen molar-refractivity contribution < 1.29 is 27.5 Å². The summed E-state index contributed by atoms with van der Waals surface area (Å²) in [6.07, 6.45) is 3.66. The zero-order chi connectivity index (χ0) is 27.5. The molecule has 1 aromatic heterocycles. The summed E-state index contributed by atoms with van der Waals surface area (Å²) in [6.45, 7) is 6.72. The van der Waals surface area contributed by atoms with E-state index in [-0.39, 0.29) is 28.4 Å². The van der Waals surface area contributed by atoms with Gasteiger partial charge in [0.2, 0.25) is 10.0 Å². The molecule has 11 nitrogen and oxygen atoms in total. The minimum atomic E-state index is -3.67. The van der Waals surface area contributed by atoms with Crippen molar-refractivity contribution >= 4 is 21.9 Å². The molecular weight excluding hydrogens is 522 g/mol. The first-order chi connectivity index (χ1) is 18.8. The van der Waals surface area contributed by atoms with Crippen molar-refractivity contribution in [3.63, 3.8) is 0 Å². The van der Waals surface area contributed by atoms with Gasteiger partial charge < -0.3 is 20.1 Å². The Bertz CT molecular complexity index is 1310. The molecule has 0 atom stereocenters. The van der Waals surface area contributed by atoms with E-state index in [0.29, 0.717) is 71.0 Å². The van der Waals surface area contributed by atoms with Crippen LogP contribution in [0.15, 0.2) is 29.2 Å². The maximum Gasteiger partial charge on any atom is 0.338 e. The summed E-state index contributed by atoms with van der Waals surface area (Å²) in [7, 11) is -3.67. The van der Waals surface area contributed by atoms with E-state index in [1.54, 1.807) is 16.8 Å². The lowest BCUT2D eigenvalue weighted by Crippen LogP contribution is -2.46. The molecule has 3 aliphatic rings. The number of rotatable bonds is 8. The average molecular weight is 560 g/mol. The van der Waals surface area contributed by atoms with Crippen LogP contribution in [-0.4, -0.2) is 86.9 Å². The Labute approximate surface area is 229 Å². The number of benzene rings is 1. The van der Waals surface area contributed by atoms with E-state index in [1.807, 2.05) is 6.92 Å². The summed E-state index contributed by atoms with van der Waals surface area (Å²) in [4.78, 5) is 25.8. The van der Waals surface area contributed by atoms with Crippen LogP contribution in [0.25, 0.3) is 0 Å². The number of carbonyl (C=O) groups excluding carboxylic acids is 2. The van der Waals surface area contributed by atoms with E-state index in [2.05, 4.69) is 10.6 Å². The molecule has 0 radical (unpaired) electrons. The van der Waals surface area contributed by atoms with Gasteiger partial charge in [-0.1, -0.05) is 6.07 Å². The van der Waals surface area contributed by atoms with Crippen LogP contribution in [0.4, 0.5) is 0 Å². The fourth-order valence-electron chi connectivity index (χ4n) is 5.67. The first-order valence-electron chi connectivity index (χ1n) is 13.8. The SMILES string of the molecule is CCn1nc(CCCOC(=O)c2cccc(S(=O)(=O)N3CCNCC3)c2)c2c1C(=O)NCC1(CCOCC1)C2. The molecule has 2 N–H and O–H groups in total. The number of hydrogen-bond acceptors (Lipinski definition) is 8. The van der Waals surface area contributed by atoms with Crippen LogP contribution < -0.4 is 10.6 Å². The molecule has 3 aliphatic heterocycles. The minimum absolute atomic E-state index is 0.0297. The van der Waals surface area contributed by atoms with Crippen LogP contribution in [0.2, 0.25) is 0 Å². The number of sulfonamides is 1. The number of piperazine rings is 1. The lowest BCUT2D eigenvalue weighted by Gasteiger charge is -2.36. The van der Waals surface area contributed by atoms with Crippen molar-refractivity contribution in [2.75, 3.05) is 52.5 Å². The lowest BCUT2D eigenvalue weighted by atomic mass is 9.75. The molecule has 0 unspecified atom stereocenters. The van der Waals surface area contributed by atoms with Crippen molar-refractivity contribution in [1.29, 1.82) is 0 Å². The quantitative estimate of drug-likeness (QED) is 0.366. The summed E-state index contributed by atoms with van der Waals surface area (Å²) >= 11 is 0. The predicted octanol–water partition coefficient (Wildman–Crippen LogP) is 1.37. The number of hydrogen-bond donors (Lipinski definition) is 2. The Morgan fingerprint density at radius 1 is 1.21 bits per heavy atom. The Hall–Kier alpha value is -2.80. The first kappa shape index (κ1) is 27.8. The van der Waals surface area contributed by atoms with Gasteiger partial charge in [-0.05, 0) is 62.6 Å². The van der Waals surface area contributed by atoms with E-state index in [9.17, 15) is 18.0 Å². The Morgan fingerprint density at radius 2 is 1.97 bits per heavy atom. The normalized spacial score (nSPS) is 19.8. The second-order valence-corrected chi connectivity index (χ2v) is 12.4. The third-order valence-electron chi connectivity index (χ3n) is 7.95. The Kier molecular flexibility index (Phi) is 8.36. The summed E-state index contributed by atoms with van der Waals surface area (Å²) in [6, 6.07) is 6.02. The average Bonchev–Trinajstić information content (AvgIpc) is 3.24. The summed E-state index contributed by atoms with van der Waals surface area (Å²) in [5, 5.41) is 11.0. The lowest BCUT2D eigenvalue weighted by molar-refractivity contribution is 0.0160. The molecule has 1 amide bonds. The van der Waals surface area contributed by atoms with Crippen molar-refractivity contribution in [3.05, 3.63) is 46.8 Å². The Balaban J connectivity index is 1.23. The van der Waals surface area contributed by atoms with Gasteiger partial charge in [-0.3, -0.25) is 9.48 Å². The molecule has 212 valence electrons. The molecule has 12 heteroatoms. The van der Waals surface area contributed by atoms with Crippen LogP contribution in [-0.2, 0) is 38.9 Å². The van der Waals surface area contributed by atoms with E-state index in [1.165, 1.54) is 16.4 Å². The molecule has 0 saturated carbocycles. The Morgan fingerprint density at radius 3 is 2.72 bits per heavy atom. The van der Waals surface area contributed by atoms with E-state index in [4.69, 9.17) is 14.6 Å². The second-order valence-electron chi connectivity index (χ2n) is 10.5. The van der Waals surface area contributed by atoms with E-state index >= 15 is 0 Å². The van der Waals surface area contributed by atoms with Gasteiger partial charge in [0, 0.05) is 58.0 Å². The summed E-state index contributed by atoms with van der Waals surface area (Å²) < 4.78 is 40.3. The number of esters is 1. The number of amides is 1. The number of fused-ring (bicyclic) bond motifs is 1. The zero-order valence-corrected chi connectivity index (χ0v) is 23.2. The van der Waals surface area contributed by atoms with Crippen LogP contribution in [0.3, 0.4) is 0 Å². The minimum Gasteiger partial charge on any atom is -0.462 e. The van der Waals surface area contributed by atoms with E-state index in [0.717, 1.165) is 30.5 Å². The van der Waals surface area contributed by atoms with Crippen molar-refractivity contribution in [1.82, 2.24) is 24.7 Å². The third-order valence-corrected chi connectivity index (χ3v) is 9.85. The molecule has 0 aliphatic carbocycles. The maximum absolute atomic E-state index is 13.0. The van der Waals surface area contributed by atoms with Crippen LogP contribution in [0.5, 0.6) is 0 Å². The highest BCUT2D eigenvalue weighted by Gasteiger charge is 2.39. The standard InChI is InChI=1S/C27H37N5O6S/c1-2-32-24-22(18-27(19-29-25(24)33)8-15-37-16-9-27)23(30-32)7-4-14-38-26(34)20-5-3-6-21(17-20)39(35,36)31-12-10-28-11-13-31/h3,5-6,17,28H,2,4,7-16,18-19H2,1H3,(H,29,33). The number of aromatic nitrogens is 2. The van der Waals surface area contributed by atoms with Gasteiger partial charge in [-0.25, -0.2) is 13.2 Å².